The Labute approximate surface area is 92.4 Å². The third-order valence-electron chi connectivity index (χ3n) is 1.10. The predicted octanol–water partition coefficient (Wildman–Crippen LogP) is -0.0995. The summed E-state index contributed by atoms with van der Waals surface area (Å²) in [4.78, 5) is 31.7. The van der Waals surface area contributed by atoms with Crippen molar-refractivity contribution in [1.82, 2.24) is 0 Å². The molecule has 0 aromatic carbocycles. The van der Waals surface area contributed by atoms with Gasteiger partial charge in [-0.25, -0.2) is 19.6 Å². The topological polar surface area (TPSA) is 113 Å². The Morgan fingerprint density at radius 2 is 1.00 bits per heavy atom. The van der Waals surface area contributed by atoms with Crippen molar-refractivity contribution >= 4 is 8.25 Å². The summed E-state index contributed by atoms with van der Waals surface area (Å²) in [5.74, 6) is 0. The Hall–Kier alpha value is -0.0900. The largest absolute Gasteiger partial charge is 0.326 e. The first-order valence-corrected chi connectivity index (χ1v) is 5.78. The van der Waals surface area contributed by atoms with Gasteiger partial charge in [0.1, 0.15) is 0 Å². The zero-order valence-electron chi connectivity index (χ0n) is 8.49. The van der Waals surface area contributed by atoms with Crippen LogP contribution in [0, 0.1) is 0 Å². The van der Waals surface area contributed by atoms with Crippen LogP contribution in [0.5, 0.6) is 0 Å². The normalized spacial score (nSPS) is 20.2. The molecule has 0 amide bonds. The molecule has 0 aromatic rings. The minimum absolute atomic E-state index is 0.653. The maximum atomic E-state index is 8.74. The van der Waals surface area contributed by atoms with E-state index in [1.807, 2.05) is 0 Å². The van der Waals surface area contributed by atoms with Crippen LogP contribution in [0.1, 0.15) is 12.8 Å². The van der Waals surface area contributed by atoms with Crippen molar-refractivity contribution in [3.05, 3.63) is 0 Å². The second-order valence-electron chi connectivity index (χ2n) is 2.41. The predicted molar refractivity (Wildman–Crippen MR) is 48.7 cm³/mol. The Bertz CT molecular complexity index is 119. The molecule has 0 aromatic heterocycles. The van der Waals surface area contributed by atoms with Gasteiger partial charge in [-0.3, -0.25) is 4.57 Å². The molecule has 98 valence electrons. The highest BCUT2D eigenvalue weighted by Gasteiger charge is 1.97. The van der Waals surface area contributed by atoms with Gasteiger partial charge in [0.25, 0.3) is 0 Å². The SMILES string of the molecule is C1COOOC1.C1COOOC1.O=[PH](O)O. The summed E-state index contributed by atoms with van der Waals surface area (Å²) in [5.41, 5.74) is 0. The molecule has 0 spiro atoms. The third-order valence-corrected chi connectivity index (χ3v) is 1.10. The number of rotatable bonds is 0. The second kappa shape index (κ2) is 13.0. The van der Waals surface area contributed by atoms with Crippen molar-refractivity contribution in [2.24, 2.45) is 0 Å². The summed E-state index contributed by atoms with van der Waals surface area (Å²) >= 11 is 0. The van der Waals surface area contributed by atoms with Crippen LogP contribution in [0.15, 0.2) is 0 Å². The van der Waals surface area contributed by atoms with Gasteiger partial charge in [0, 0.05) is 12.8 Å². The van der Waals surface area contributed by atoms with E-state index in [2.05, 4.69) is 29.6 Å². The molecule has 2 N–H and O–H groups in total. The molecule has 0 saturated carbocycles. The lowest BCUT2D eigenvalue weighted by Gasteiger charge is -2.06. The van der Waals surface area contributed by atoms with E-state index in [0.717, 1.165) is 12.8 Å². The fraction of sp³-hybridized carbons (Fsp3) is 1.00. The molecule has 2 heterocycles. The minimum Gasteiger partial charge on any atom is -0.326 e. The summed E-state index contributed by atoms with van der Waals surface area (Å²) < 4.78 is 8.74. The lowest BCUT2D eigenvalue weighted by atomic mass is 10.5. The molecular formula is C6H15O9P. The molecule has 9 nitrogen and oxygen atoms in total. The van der Waals surface area contributed by atoms with Crippen molar-refractivity contribution in [2.45, 2.75) is 12.8 Å². The Morgan fingerprint density at radius 1 is 0.750 bits per heavy atom. The van der Waals surface area contributed by atoms with Crippen LogP contribution in [0.25, 0.3) is 0 Å². The first-order chi connectivity index (χ1) is 7.73. The monoisotopic (exact) mass is 262 g/mol. The fourth-order valence-electron chi connectivity index (χ4n) is 0.558. The van der Waals surface area contributed by atoms with E-state index >= 15 is 0 Å². The zero-order chi connectivity index (χ0) is 12.1. The smallest absolute Gasteiger partial charge is 0.314 e. The van der Waals surface area contributed by atoms with E-state index in [1.165, 1.54) is 0 Å². The van der Waals surface area contributed by atoms with Gasteiger partial charge in [-0.2, -0.15) is 0 Å². The van der Waals surface area contributed by atoms with E-state index in [9.17, 15) is 0 Å². The molecule has 0 radical (unpaired) electrons. The highest BCUT2D eigenvalue weighted by atomic mass is 31.1. The first-order valence-electron chi connectivity index (χ1n) is 4.47. The lowest BCUT2D eigenvalue weighted by molar-refractivity contribution is -0.532. The Balaban J connectivity index is 0.000000217. The minimum atomic E-state index is -3.13. The third kappa shape index (κ3) is 16.3. The summed E-state index contributed by atoms with van der Waals surface area (Å²) in [6.07, 6.45) is 1.86. The van der Waals surface area contributed by atoms with Crippen LogP contribution in [0.4, 0.5) is 0 Å². The van der Waals surface area contributed by atoms with Crippen molar-refractivity contribution in [2.75, 3.05) is 26.4 Å². The summed E-state index contributed by atoms with van der Waals surface area (Å²) in [6, 6.07) is 0. The van der Waals surface area contributed by atoms with E-state index in [1.54, 1.807) is 0 Å². The van der Waals surface area contributed by atoms with Crippen LogP contribution < -0.4 is 0 Å². The second-order valence-corrected chi connectivity index (χ2v) is 2.98. The van der Waals surface area contributed by atoms with E-state index in [-0.39, 0.29) is 0 Å². The van der Waals surface area contributed by atoms with Gasteiger partial charge in [-0.15, -0.1) is 0 Å². The number of hydrogen-bond acceptors (Lipinski definition) is 7. The van der Waals surface area contributed by atoms with Crippen LogP contribution in [-0.4, -0.2) is 36.2 Å². The molecule has 10 heteroatoms. The van der Waals surface area contributed by atoms with E-state index in [4.69, 9.17) is 14.4 Å². The maximum Gasteiger partial charge on any atom is 0.314 e. The van der Waals surface area contributed by atoms with Crippen molar-refractivity contribution in [3.8, 4) is 0 Å². The van der Waals surface area contributed by atoms with Gasteiger partial charge in [-0.1, -0.05) is 10.1 Å². The van der Waals surface area contributed by atoms with Gasteiger partial charge in [0.15, 0.2) is 0 Å². The molecule has 16 heavy (non-hydrogen) atoms. The van der Waals surface area contributed by atoms with Crippen molar-refractivity contribution < 1.29 is 44.0 Å². The molecule has 0 aliphatic carbocycles. The molecule has 2 aliphatic rings. The lowest BCUT2D eigenvalue weighted by Crippen LogP contribution is -2.08. The van der Waals surface area contributed by atoms with Crippen molar-refractivity contribution in [3.63, 3.8) is 0 Å². The fourth-order valence-corrected chi connectivity index (χ4v) is 0.558. The highest BCUT2D eigenvalue weighted by molar-refractivity contribution is 7.30. The van der Waals surface area contributed by atoms with Crippen LogP contribution in [0.2, 0.25) is 0 Å². The average Bonchev–Trinajstić information content (AvgIpc) is 2.34. The molecule has 0 unspecified atom stereocenters. The Morgan fingerprint density at radius 3 is 1.06 bits per heavy atom. The van der Waals surface area contributed by atoms with Crippen molar-refractivity contribution in [1.29, 1.82) is 0 Å². The molecule has 0 atom stereocenters. The van der Waals surface area contributed by atoms with E-state index in [0.29, 0.717) is 26.4 Å². The van der Waals surface area contributed by atoms with Gasteiger partial charge in [0.05, 0.1) is 26.4 Å². The molecule has 2 rings (SSSR count). The van der Waals surface area contributed by atoms with Crippen LogP contribution >= 0.6 is 8.25 Å². The molecule has 0 bridgehead atoms. The molecule has 2 aliphatic heterocycles. The average molecular weight is 262 g/mol. The van der Waals surface area contributed by atoms with Gasteiger partial charge in [0.2, 0.25) is 0 Å². The maximum absolute atomic E-state index is 8.74. The van der Waals surface area contributed by atoms with Crippen LogP contribution in [0.3, 0.4) is 0 Å². The zero-order valence-corrected chi connectivity index (χ0v) is 9.49. The van der Waals surface area contributed by atoms with E-state index < -0.39 is 8.25 Å². The quantitative estimate of drug-likeness (QED) is 0.456. The summed E-state index contributed by atoms with van der Waals surface area (Å²) in [6.45, 7) is 2.61. The molecular weight excluding hydrogens is 247 g/mol. The van der Waals surface area contributed by atoms with Gasteiger partial charge >= 0.3 is 8.25 Å². The highest BCUT2D eigenvalue weighted by Crippen LogP contribution is 1.98. The molecule has 2 fully saturated rings. The number of hydrogen-bond donors (Lipinski definition) is 2. The summed E-state index contributed by atoms with van der Waals surface area (Å²) in [7, 11) is -3.13. The van der Waals surface area contributed by atoms with Gasteiger partial charge in [-0.05, 0) is 0 Å². The summed E-state index contributed by atoms with van der Waals surface area (Å²) in [5, 5.41) is 8.14. The standard InChI is InChI=1S/2C3H6O3.H3O3P/c2*1-2-4-6-5-3-1;1-4(2)3/h2*1-3H2;4H,(H2,1,2,3). The Kier molecular flexibility index (Phi) is 12.9. The van der Waals surface area contributed by atoms with Gasteiger partial charge < -0.3 is 9.79 Å². The van der Waals surface area contributed by atoms with Crippen LogP contribution in [-0.2, 0) is 34.2 Å². The first kappa shape index (κ1) is 15.9. The molecule has 2 saturated heterocycles.